The fourth-order valence-electron chi connectivity index (χ4n) is 2.41. The van der Waals surface area contributed by atoms with Gasteiger partial charge in [0.2, 0.25) is 5.91 Å². The van der Waals surface area contributed by atoms with E-state index in [1.807, 2.05) is 0 Å². The van der Waals surface area contributed by atoms with E-state index in [0.29, 0.717) is 5.92 Å². The molecule has 12 heavy (non-hydrogen) atoms. The summed E-state index contributed by atoms with van der Waals surface area (Å²) in [5.41, 5.74) is -0.0851. The highest BCUT2D eigenvalue weighted by atomic mass is 16.5. The average molecular weight is 169 g/mol. The van der Waals surface area contributed by atoms with Crippen LogP contribution in [-0.2, 0) is 9.53 Å². The first-order valence-electron chi connectivity index (χ1n) is 4.65. The largest absolute Gasteiger partial charge is 0.381 e. The molecule has 0 saturated carbocycles. The molecule has 0 aliphatic carbocycles. The number of hydrogen-bond donors (Lipinski definition) is 1. The van der Waals surface area contributed by atoms with Crippen LogP contribution in [0.3, 0.4) is 0 Å². The van der Waals surface area contributed by atoms with E-state index in [2.05, 4.69) is 12.2 Å². The summed E-state index contributed by atoms with van der Waals surface area (Å²) in [7, 11) is 0. The zero-order chi connectivity index (χ0) is 8.60. The molecule has 3 heteroatoms. The molecule has 2 atom stereocenters. The number of carbonyl (C=O) groups is 1. The highest BCUT2D eigenvalue weighted by Gasteiger charge is 2.50. The lowest BCUT2D eigenvalue weighted by atomic mass is 9.72. The molecule has 0 aromatic rings. The van der Waals surface area contributed by atoms with Gasteiger partial charge in [-0.3, -0.25) is 4.79 Å². The summed E-state index contributed by atoms with van der Waals surface area (Å²) in [6.45, 7) is 4.42. The Balaban J connectivity index is 2.25. The molecule has 68 valence electrons. The fraction of sp³-hybridized carbons (Fsp3) is 0.889. The van der Waals surface area contributed by atoms with E-state index < -0.39 is 0 Å². The van der Waals surface area contributed by atoms with Gasteiger partial charge < -0.3 is 10.1 Å². The van der Waals surface area contributed by atoms with Crippen LogP contribution in [0.25, 0.3) is 0 Å². The van der Waals surface area contributed by atoms with E-state index in [-0.39, 0.29) is 11.3 Å². The smallest absolute Gasteiger partial charge is 0.226 e. The zero-order valence-corrected chi connectivity index (χ0v) is 7.43. The van der Waals surface area contributed by atoms with Gasteiger partial charge in [-0.1, -0.05) is 6.92 Å². The standard InChI is InChI=1S/C9H15NO2/c1-2-9-3-4-12-6-7(9)5-10-8(9)11/h7H,2-6H2,1H3,(H,10,11). The van der Waals surface area contributed by atoms with Gasteiger partial charge in [0, 0.05) is 19.1 Å². The quantitative estimate of drug-likeness (QED) is 0.622. The van der Waals surface area contributed by atoms with E-state index in [4.69, 9.17) is 4.74 Å². The number of hydrogen-bond acceptors (Lipinski definition) is 2. The fourth-order valence-corrected chi connectivity index (χ4v) is 2.41. The number of carbonyl (C=O) groups excluding carboxylic acids is 1. The Morgan fingerprint density at radius 3 is 3.25 bits per heavy atom. The van der Waals surface area contributed by atoms with Crippen molar-refractivity contribution >= 4 is 5.91 Å². The SMILES string of the molecule is CCC12CCOCC1CNC2=O. The molecule has 1 amide bonds. The van der Waals surface area contributed by atoms with Crippen LogP contribution in [0, 0.1) is 11.3 Å². The molecule has 2 aliphatic heterocycles. The highest BCUT2D eigenvalue weighted by molar-refractivity contribution is 5.85. The molecular formula is C9H15NO2. The Morgan fingerprint density at radius 2 is 2.58 bits per heavy atom. The van der Waals surface area contributed by atoms with Gasteiger partial charge in [-0.05, 0) is 12.8 Å². The topological polar surface area (TPSA) is 38.3 Å². The molecule has 1 N–H and O–H groups in total. The van der Waals surface area contributed by atoms with Gasteiger partial charge in [-0.25, -0.2) is 0 Å². The molecule has 0 bridgehead atoms. The molecule has 2 saturated heterocycles. The molecule has 0 spiro atoms. The van der Waals surface area contributed by atoms with Crippen molar-refractivity contribution in [3.05, 3.63) is 0 Å². The van der Waals surface area contributed by atoms with Crippen LogP contribution in [0.1, 0.15) is 19.8 Å². The lowest BCUT2D eigenvalue weighted by molar-refractivity contribution is -0.134. The van der Waals surface area contributed by atoms with Crippen molar-refractivity contribution in [2.24, 2.45) is 11.3 Å². The van der Waals surface area contributed by atoms with Crippen LogP contribution in [0.4, 0.5) is 0 Å². The number of fused-ring (bicyclic) bond motifs is 1. The van der Waals surface area contributed by atoms with Crippen molar-refractivity contribution in [1.29, 1.82) is 0 Å². The molecule has 2 fully saturated rings. The van der Waals surface area contributed by atoms with Crippen molar-refractivity contribution in [3.8, 4) is 0 Å². The molecular weight excluding hydrogens is 154 g/mol. The summed E-state index contributed by atoms with van der Waals surface area (Å²) in [5.74, 6) is 0.669. The van der Waals surface area contributed by atoms with E-state index in [1.54, 1.807) is 0 Å². The minimum atomic E-state index is -0.0851. The predicted octanol–water partition coefficient (Wildman–Crippen LogP) is 0.549. The van der Waals surface area contributed by atoms with Crippen molar-refractivity contribution in [2.45, 2.75) is 19.8 Å². The minimum Gasteiger partial charge on any atom is -0.381 e. The molecule has 3 nitrogen and oxygen atoms in total. The highest BCUT2D eigenvalue weighted by Crippen LogP contribution is 2.41. The van der Waals surface area contributed by atoms with Crippen LogP contribution >= 0.6 is 0 Å². The molecule has 2 rings (SSSR count). The molecule has 2 unspecified atom stereocenters. The number of rotatable bonds is 1. The third-order valence-corrected chi connectivity index (χ3v) is 3.39. The molecule has 0 aromatic heterocycles. The summed E-state index contributed by atoms with van der Waals surface area (Å²) in [4.78, 5) is 11.6. The molecule has 2 heterocycles. The summed E-state index contributed by atoms with van der Waals surface area (Å²) < 4.78 is 5.37. The van der Waals surface area contributed by atoms with Gasteiger partial charge in [-0.15, -0.1) is 0 Å². The normalized spacial score (nSPS) is 40.8. The monoisotopic (exact) mass is 169 g/mol. The Kier molecular flexibility index (Phi) is 1.83. The first-order valence-corrected chi connectivity index (χ1v) is 4.65. The minimum absolute atomic E-state index is 0.0851. The number of ether oxygens (including phenoxy) is 1. The molecule has 2 aliphatic rings. The average Bonchev–Trinajstić information content (AvgIpc) is 2.45. The molecule has 0 radical (unpaired) electrons. The first kappa shape index (κ1) is 8.05. The second kappa shape index (κ2) is 2.73. The number of amides is 1. The lowest BCUT2D eigenvalue weighted by Crippen LogP contribution is -2.40. The van der Waals surface area contributed by atoms with Gasteiger partial charge in [0.15, 0.2) is 0 Å². The third-order valence-electron chi connectivity index (χ3n) is 3.39. The van der Waals surface area contributed by atoms with Gasteiger partial charge in [0.1, 0.15) is 0 Å². The second-order valence-electron chi connectivity index (χ2n) is 3.74. The van der Waals surface area contributed by atoms with Crippen LogP contribution in [0.5, 0.6) is 0 Å². The maximum atomic E-state index is 11.6. The maximum absolute atomic E-state index is 11.6. The zero-order valence-electron chi connectivity index (χ0n) is 7.43. The van der Waals surface area contributed by atoms with Gasteiger partial charge >= 0.3 is 0 Å². The van der Waals surface area contributed by atoms with Crippen molar-refractivity contribution in [2.75, 3.05) is 19.8 Å². The van der Waals surface area contributed by atoms with Gasteiger partial charge in [-0.2, -0.15) is 0 Å². The summed E-state index contributed by atoms with van der Waals surface area (Å²) in [5, 5.41) is 2.93. The van der Waals surface area contributed by atoms with Gasteiger partial charge in [0.25, 0.3) is 0 Å². The Morgan fingerprint density at radius 1 is 1.75 bits per heavy atom. The lowest BCUT2D eigenvalue weighted by Gasteiger charge is -2.35. The summed E-state index contributed by atoms with van der Waals surface area (Å²) in [6, 6.07) is 0. The Labute approximate surface area is 72.5 Å². The summed E-state index contributed by atoms with van der Waals surface area (Å²) in [6.07, 6.45) is 1.85. The Bertz CT molecular complexity index is 205. The maximum Gasteiger partial charge on any atom is 0.226 e. The van der Waals surface area contributed by atoms with Crippen molar-refractivity contribution < 1.29 is 9.53 Å². The van der Waals surface area contributed by atoms with Crippen molar-refractivity contribution in [3.63, 3.8) is 0 Å². The van der Waals surface area contributed by atoms with E-state index in [1.165, 1.54) is 0 Å². The van der Waals surface area contributed by atoms with E-state index in [0.717, 1.165) is 32.6 Å². The number of nitrogens with one attached hydrogen (secondary N) is 1. The predicted molar refractivity (Wildman–Crippen MR) is 44.7 cm³/mol. The second-order valence-corrected chi connectivity index (χ2v) is 3.74. The first-order chi connectivity index (χ1) is 5.79. The van der Waals surface area contributed by atoms with Gasteiger partial charge in [0.05, 0.1) is 12.0 Å². The Hall–Kier alpha value is -0.570. The van der Waals surface area contributed by atoms with E-state index in [9.17, 15) is 4.79 Å². The van der Waals surface area contributed by atoms with Crippen molar-refractivity contribution in [1.82, 2.24) is 5.32 Å². The van der Waals surface area contributed by atoms with E-state index >= 15 is 0 Å². The molecule has 0 aromatic carbocycles. The summed E-state index contributed by atoms with van der Waals surface area (Å²) >= 11 is 0. The van der Waals surface area contributed by atoms with Crippen LogP contribution in [-0.4, -0.2) is 25.7 Å². The third kappa shape index (κ3) is 0.891. The van der Waals surface area contributed by atoms with Crippen LogP contribution in [0.2, 0.25) is 0 Å². The van der Waals surface area contributed by atoms with Crippen LogP contribution < -0.4 is 5.32 Å². The van der Waals surface area contributed by atoms with Crippen LogP contribution in [0.15, 0.2) is 0 Å².